The van der Waals surface area contributed by atoms with Crippen LogP contribution in [-0.4, -0.2) is 27.8 Å². The van der Waals surface area contributed by atoms with Gasteiger partial charge < -0.3 is 11.1 Å². The molecule has 102 valence electrons. The van der Waals surface area contributed by atoms with E-state index in [1.54, 1.807) is 0 Å². The Kier molecular flexibility index (Phi) is 5.98. The van der Waals surface area contributed by atoms with Gasteiger partial charge in [-0.3, -0.25) is 0 Å². The largest absolute Gasteiger partial charge is 0.349 e. The Labute approximate surface area is 110 Å². The lowest BCUT2D eigenvalue weighted by Gasteiger charge is -2.18. The zero-order valence-electron chi connectivity index (χ0n) is 11.9. The van der Waals surface area contributed by atoms with E-state index in [2.05, 4.69) is 48.2 Å². The number of nitrogens with one attached hydrogen (secondary N) is 1. The molecule has 0 aromatic carbocycles. The number of aromatic nitrogens is 3. The summed E-state index contributed by atoms with van der Waals surface area (Å²) in [5.41, 5.74) is 7.76. The van der Waals surface area contributed by atoms with E-state index >= 15 is 0 Å². The molecule has 0 amide bonds. The molecule has 1 aromatic rings. The Balaban J connectivity index is 2.77. The molecule has 5 nitrogen and oxygen atoms in total. The molecule has 0 bridgehead atoms. The number of hydrogen-bond acceptors (Lipinski definition) is 5. The van der Waals surface area contributed by atoms with Crippen molar-refractivity contribution in [3.8, 4) is 0 Å². The topological polar surface area (TPSA) is 76.7 Å². The highest BCUT2D eigenvalue weighted by Gasteiger charge is 2.12. The molecule has 5 heteroatoms. The second-order valence-electron chi connectivity index (χ2n) is 4.94. The fraction of sp³-hybridized carbons (Fsp3) is 0.769. The summed E-state index contributed by atoms with van der Waals surface area (Å²) in [6, 6.07) is 0.212. The molecule has 3 N–H and O–H groups in total. The molecule has 1 atom stereocenters. The first-order valence-corrected chi connectivity index (χ1v) is 6.79. The number of rotatable bonds is 7. The van der Waals surface area contributed by atoms with Crippen LogP contribution in [0.4, 0.5) is 5.95 Å². The minimum absolute atomic E-state index is 0.212. The molecule has 1 heterocycles. The zero-order chi connectivity index (χ0) is 13.5. The standard InChI is InChI=1S/C13H25N5/c1-5-11-12(6-2)17-18-13(16-11)15-10(8-14)7-9(3)4/h9-10H,5-8,14H2,1-4H3,(H,15,16,18). The number of nitrogens with two attached hydrogens (primary N) is 1. The van der Waals surface area contributed by atoms with Crippen LogP contribution in [0.5, 0.6) is 0 Å². The first-order chi connectivity index (χ1) is 8.60. The van der Waals surface area contributed by atoms with Crippen LogP contribution in [0.3, 0.4) is 0 Å². The highest BCUT2D eigenvalue weighted by molar-refractivity contribution is 5.27. The quantitative estimate of drug-likeness (QED) is 0.772. The lowest BCUT2D eigenvalue weighted by molar-refractivity contribution is 0.518. The van der Waals surface area contributed by atoms with E-state index < -0.39 is 0 Å². The van der Waals surface area contributed by atoms with Gasteiger partial charge in [-0.1, -0.05) is 27.7 Å². The van der Waals surface area contributed by atoms with Crippen LogP contribution in [0, 0.1) is 5.92 Å². The number of hydrogen-bond donors (Lipinski definition) is 2. The fourth-order valence-electron chi connectivity index (χ4n) is 1.96. The van der Waals surface area contributed by atoms with Gasteiger partial charge in [0.25, 0.3) is 0 Å². The first-order valence-electron chi connectivity index (χ1n) is 6.79. The minimum Gasteiger partial charge on any atom is -0.349 e. The lowest BCUT2D eigenvalue weighted by atomic mass is 10.0. The molecule has 1 aromatic heterocycles. The molecule has 0 aliphatic heterocycles. The summed E-state index contributed by atoms with van der Waals surface area (Å²) < 4.78 is 0. The smallest absolute Gasteiger partial charge is 0.243 e. The van der Waals surface area contributed by atoms with E-state index in [0.29, 0.717) is 18.4 Å². The molecule has 0 spiro atoms. The molecule has 0 saturated carbocycles. The summed E-state index contributed by atoms with van der Waals surface area (Å²) in [7, 11) is 0. The monoisotopic (exact) mass is 251 g/mol. The van der Waals surface area contributed by atoms with E-state index in [1.807, 2.05) is 0 Å². The van der Waals surface area contributed by atoms with E-state index in [4.69, 9.17) is 5.73 Å². The number of aryl methyl sites for hydroxylation is 2. The first kappa shape index (κ1) is 14.8. The van der Waals surface area contributed by atoms with Gasteiger partial charge in [-0.2, -0.15) is 5.10 Å². The maximum absolute atomic E-state index is 5.76. The third kappa shape index (κ3) is 4.22. The Morgan fingerprint density at radius 1 is 1.11 bits per heavy atom. The number of anilines is 1. The molecule has 18 heavy (non-hydrogen) atoms. The molecule has 0 aliphatic carbocycles. The van der Waals surface area contributed by atoms with Crippen molar-refractivity contribution in [2.45, 2.75) is 53.0 Å². The summed E-state index contributed by atoms with van der Waals surface area (Å²) in [6.45, 7) is 9.10. The molecule has 1 unspecified atom stereocenters. The molecule has 1 rings (SSSR count). The summed E-state index contributed by atoms with van der Waals surface area (Å²) in [6.07, 6.45) is 2.76. The number of nitrogens with zero attached hydrogens (tertiary/aromatic N) is 3. The molecular formula is C13H25N5. The van der Waals surface area contributed by atoms with Crippen molar-refractivity contribution in [3.05, 3.63) is 11.4 Å². The average Bonchev–Trinajstić information content (AvgIpc) is 2.37. The van der Waals surface area contributed by atoms with Crippen molar-refractivity contribution in [1.82, 2.24) is 15.2 Å². The molecular weight excluding hydrogens is 226 g/mol. The molecule has 0 fully saturated rings. The maximum atomic E-state index is 5.76. The zero-order valence-corrected chi connectivity index (χ0v) is 11.9. The predicted molar refractivity (Wildman–Crippen MR) is 74.5 cm³/mol. The van der Waals surface area contributed by atoms with Crippen LogP contribution in [0.2, 0.25) is 0 Å². The highest BCUT2D eigenvalue weighted by atomic mass is 15.2. The van der Waals surface area contributed by atoms with Gasteiger partial charge in [-0.05, 0) is 25.2 Å². The Morgan fingerprint density at radius 2 is 1.78 bits per heavy atom. The van der Waals surface area contributed by atoms with Gasteiger partial charge in [-0.25, -0.2) is 4.98 Å². The van der Waals surface area contributed by atoms with Crippen LogP contribution in [0.1, 0.15) is 45.5 Å². The lowest BCUT2D eigenvalue weighted by Crippen LogP contribution is -2.31. The molecule has 0 radical (unpaired) electrons. The normalized spacial score (nSPS) is 12.8. The van der Waals surface area contributed by atoms with Gasteiger partial charge in [-0.15, -0.1) is 5.10 Å². The van der Waals surface area contributed by atoms with Crippen LogP contribution in [-0.2, 0) is 12.8 Å². The second-order valence-corrected chi connectivity index (χ2v) is 4.94. The van der Waals surface area contributed by atoms with Crippen molar-refractivity contribution >= 4 is 5.95 Å². The molecule has 0 aliphatic rings. The van der Waals surface area contributed by atoms with Crippen LogP contribution in [0.15, 0.2) is 0 Å². The summed E-state index contributed by atoms with van der Waals surface area (Å²) in [4.78, 5) is 4.52. The van der Waals surface area contributed by atoms with E-state index in [-0.39, 0.29) is 6.04 Å². The third-order valence-electron chi connectivity index (χ3n) is 2.88. The van der Waals surface area contributed by atoms with Gasteiger partial charge in [0, 0.05) is 12.6 Å². The van der Waals surface area contributed by atoms with Crippen LogP contribution >= 0.6 is 0 Å². The van der Waals surface area contributed by atoms with Crippen LogP contribution < -0.4 is 11.1 Å². The van der Waals surface area contributed by atoms with E-state index in [0.717, 1.165) is 30.7 Å². The second kappa shape index (κ2) is 7.26. The van der Waals surface area contributed by atoms with Crippen molar-refractivity contribution in [2.24, 2.45) is 11.7 Å². The van der Waals surface area contributed by atoms with Gasteiger partial charge in [0.2, 0.25) is 5.95 Å². The third-order valence-corrected chi connectivity index (χ3v) is 2.88. The maximum Gasteiger partial charge on any atom is 0.243 e. The van der Waals surface area contributed by atoms with Gasteiger partial charge in [0.1, 0.15) is 0 Å². The minimum atomic E-state index is 0.212. The van der Waals surface area contributed by atoms with Crippen molar-refractivity contribution < 1.29 is 0 Å². The Bertz CT molecular complexity index is 364. The SMILES string of the molecule is CCc1nnc(NC(CN)CC(C)C)nc1CC. The Hall–Kier alpha value is -1.23. The van der Waals surface area contributed by atoms with Gasteiger partial charge in [0.05, 0.1) is 11.4 Å². The van der Waals surface area contributed by atoms with Crippen LogP contribution in [0.25, 0.3) is 0 Å². The van der Waals surface area contributed by atoms with Gasteiger partial charge >= 0.3 is 0 Å². The van der Waals surface area contributed by atoms with Crippen molar-refractivity contribution in [1.29, 1.82) is 0 Å². The average molecular weight is 251 g/mol. The van der Waals surface area contributed by atoms with Crippen molar-refractivity contribution in [2.75, 3.05) is 11.9 Å². The molecule has 0 saturated heterocycles. The predicted octanol–water partition coefficient (Wildman–Crippen LogP) is 1.78. The van der Waals surface area contributed by atoms with E-state index in [9.17, 15) is 0 Å². The van der Waals surface area contributed by atoms with Gasteiger partial charge in [0.15, 0.2) is 0 Å². The van der Waals surface area contributed by atoms with Crippen molar-refractivity contribution in [3.63, 3.8) is 0 Å². The Morgan fingerprint density at radius 3 is 2.28 bits per heavy atom. The fourth-order valence-corrected chi connectivity index (χ4v) is 1.96. The summed E-state index contributed by atoms with van der Waals surface area (Å²) in [5.74, 6) is 1.19. The van der Waals surface area contributed by atoms with E-state index in [1.165, 1.54) is 0 Å². The highest BCUT2D eigenvalue weighted by Crippen LogP contribution is 2.11. The summed E-state index contributed by atoms with van der Waals surface area (Å²) in [5, 5.41) is 11.6. The summed E-state index contributed by atoms with van der Waals surface area (Å²) >= 11 is 0.